The summed E-state index contributed by atoms with van der Waals surface area (Å²) in [5.41, 5.74) is 0.634. The number of nitrogens with zero attached hydrogens (tertiary/aromatic N) is 3. The van der Waals surface area contributed by atoms with Gasteiger partial charge < -0.3 is 14.2 Å². The zero-order chi connectivity index (χ0) is 30.5. The topological polar surface area (TPSA) is 128 Å². The van der Waals surface area contributed by atoms with Crippen LogP contribution >= 0.6 is 11.6 Å². The van der Waals surface area contributed by atoms with Gasteiger partial charge in [-0.1, -0.05) is 88.1 Å². The molecule has 232 valence electrons. The molecule has 0 saturated carbocycles. The third-order valence-electron chi connectivity index (χ3n) is 7.06. The van der Waals surface area contributed by atoms with Crippen LogP contribution in [0.25, 0.3) is 5.65 Å². The summed E-state index contributed by atoms with van der Waals surface area (Å²) < 4.78 is 25.8. The maximum absolute atomic E-state index is 13.1. The summed E-state index contributed by atoms with van der Waals surface area (Å²) in [4.78, 5) is 25.6. The minimum atomic E-state index is -1.86. The number of ether oxygens (including phenoxy) is 1. The van der Waals surface area contributed by atoms with Gasteiger partial charge in [0.25, 0.3) is 0 Å². The van der Waals surface area contributed by atoms with Gasteiger partial charge >= 0.3 is 5.97 Å². The average Bonchev–Trinajstić information content (AvgIpc) is 3.51. The number of aryl methyl sites for hydroxylation is 1. The lowest BCUT2D eigenvalue weighted by atomic mass is 9.94. The molecule has 12 heteroatoms. The minimum Gasteiger partial charge on any atom is -0.465 e. The van der Waals surface area contributed by atoms with Crippen LogP contribution in [0.5, 0.6) is 5.75 Å². The number of esters is 1. The molecule has 0 radical (unpaired) electrons. The molecule has 0 aliphatic rings. The first-order valence-corrected chi connectivity index (χ1v) is 16.3. The van der Waals surface area contributed by atoms with Crippen molar-refractivity contribution >= 4 is 40.2 Å². The molecule has 10 nitrogen and oxygen atoms in total. The van der Waals surface area contributed by atoms with E-state index < -0.39 is 33.6 Å². The maximum atomic E-state index is 13.1. The van der Waals surface area contributed by atoms with E-state index in [1.54, 1.807) is 28.8 Å². The smallest absolute Gasteiger partial charge is 0.307 e. The molecule has 1 aromatic carbocycles. The van der Waals surface area contributed by atoms with Crippen LogP contribution in [0.1, 0.15) is 96.5 Å². The average molecular weight is 622 g/mol. The molecule has 3 aromatic rings. The van der Waals surface area contributed by atoms with E-state index in [9.17, 15) is 13.8 Å². The van der Waals surface area contributed by atoms with Crippen LogP contribution in [-0.4, -0.2) is 54.3 Å². The fourth-order valence-electron chi connectivity index (χ4n) is 4.56. The number of benzene rings is 1. The molecular weight excluding hydrogens is 578 g/mol. The van der Waals surface area contributed by atoms with Crippen molar-refractivity contribution < 1.29 is 22.7 Å². The number of H-pyrrole nitrogens is 1. The van der Waals surface area contributed by atoms with Gasteiger partial charge in [-0.2, -0.15) is 0 Å². The lowest BCUT2D eigenvalue weighted by Gasteiger charge is -2.22. The molecule has 2 atom stereocenters. The van der Waals surface area contributed by atoms with Crippen LogP contribution in [0.3, 0.4) is 0 Å². The molecule has 3 rings (SSSR count). The first kappa shape index (κ1) is 33.6. The van der Waals surface area contributed by atoms with Crippen LogP contribution in [0.15, 0.2) is 30.3 Å². The highest BCUT2D eigenvalue weighted by atomic mass is 35.5. The van der Waals surface area contributed by atoms with Crippen molar-refractivity contribution in [1.82, 2.24) is 25.1 Å². The van der Waals surface area contributed by atoms with E-state index in [-0.39, 0.29) is 19.6 Å². The zero-order valence-electron chi connectivity index (χ0n) is 25.1. The molecular formula is C30H44ClN5O5S. The summed E-state index contributed by atoms with van der Waals surface area (Å²) in [5.74, 6) is 0.159. The maximum Gasteiger partial charge on any atom is 0.307 e. The third-order valence-corrected chi connectivity index (χ3v) is 8.79. The molecule has 2 heterocycles. The summed E-state index contributed by atoms with van der Waals surface area (Å²) in [6.07, 6.45) is 9.35. The lowest BCUT2D eigenvalue weighted by Crippen LogP contribution is -2.40. The number of unbranched alkanes of at least 4 members (excludes halogenated alkanes) is 7. The van der Waals surface area contributed by atoms with Crippen molar-refractivity contribution in [2.75, 3.05) is 13.2 Å². The Hall–Kier alpha value is -2.92. The van der Waals surface area contributed by atoms with Crippen LogP contribution in [0.2, 0.25) is 5.02 Å². The van der Waals surface area contributed by atoms with Gasteiger partial charge in [0.1, 0.15) is 17.4 Å². The van der Waals surface area contributed by atoms with Gasteiger partial charge in [-0.25, -0.2) is 8.72 Å². The molecule has 2 N–H and O–H groups in total. The summed E-state index contributed by atoms with van der Waals surface area (Å²) in [6.45, 7) is 7.94. The molecule has 0 spiro atoms. The van der Waals surface area contributed by atoms with E-state index in [1.807, 2.05) is 26.8 Å². The van der Waals surface area contributed by atoms with Crippen molar-refractivity contribution in [1.29, 1.82) is 0 Å². The zero-order valence-corrected chi connectivity index (χ0v) is 26.7. The van der Waals surface area contributed by atoms with Crippen molar-refractivity contribution in [2.45, 2.75) is 103 Å². The van der Waals surface area contributed by atoms with Gasteiger partial charge in [-0.05, 0) is 39.3 Å². The number of aromatic amines is 1. The summed E-state index contributed by atoms with van der Waals surface area (Å²) in [7, 11) is 0. The van der Waals surface area contributed by atoms with Crippen molar-refractivity contribution in [3.05, 3.63) is 46.9 Å². The van der Waals surface area contributed by atoms with Crippen LogP contribution in [0, 0.1) is 6.92 Å². The van der Waals surface area contributed by atoms with Gasteiger partial charge in [0.2, 0.25) is 17.0 Å². The third kappa shape index (κ3) is 9.83. The highest BCUT2D eigenvalue weighted by Gasteiger charge is 2.31. The molecule has 2 unspecified atom stereocenters. The number of rotatable bonds is 19. The van der Waals surface area contributed by atoms with E-state index in [1.165, 1.54) is 32.1 Å². The summed E-state index contributed by atoms with van der Waals surface area (Å²) in [5, 5.41) is 13.9. The standard InChI is InChI=1S/C30H44ClN5O5S/c1-5-6-7-8-9-10-11-15-18-24(42(39)41-23-16-13-12-14-17-23)28(38)32-20-19-25(37)40-21-30(3,4)29-34-33-27-26(31)22(2)35-36(27)29/h12-14,16-17,24,35H,5-11,15,18-21H2,1-4H3,(H,32,38). The van der Waals surface area contributed by atoms with E-state index in [0.717, 1.165) is 25.0 Å². The Kier molecular flexibility index (Phi) is 13.3. The van der Waals surface area contributed by atoms with E-state index >= 15 is 0 Å². The number of nitrogens with one attached hydrogen (secondary N) is 2. The van der Waals surface area contributed by atoms with Crippen LogP contribution in [-0.2, 0) is 30.8 Å². The fraction of sp³-hybridized carbons (Fsp3) is 0.600. The van der Waals surface area contributed by atoms with Crippen molar-refractivity contribution in [3.63, 3.8) is 0 Å². The predicted octanol–water partition coefficient (Wildman–Crippen LogP) is 5.99. The van der Waals surface area contributed by atoms with Crippen LogP contribution in [0.4, 0.5) is 0 Å². The van der Waals surface area contributed by atoms with E-state index in [4.69, 9.17) is 20.5 Å². The van der Waals surface area contributed by atoms with E-state index in [0.29, 0.717) is 28.7 Å². The lowest BCUT2D eigenvalue weighted by molar-refractivity contribution is -0.145. The Balaban J connectivity index is 1.47. The van der Waals surface area contributed by atoms with E-state index in [2.05, 4.69) is 27.5 Å². The van der Waals surface area contributed by atoms with Gasteiger partial charge in [0, 0.05) is 6.54 Å². The second-order valence-corrected chi connectivity index (χ2v) is 12.9. The molecule has 42 heavy (non-hydrogen) atoms. The monoisotopic (exact) mass is 621 g/mol. The summed E-state index contributed by atoms with van der Waals surface area (Å²) in [6, 6.07) is 8.82. The number of hydrogen-bond donors (Lipinski definition) is 2. The van der Waals surface area contributed by atoms with Crippen LogP contribution < -0.4 is 9.50 Å². The second kappa shape index (κ2) is 16.6. The molecule has 0 aliphatic heterocycles. The Bertz CT molecular complexity index is 1310. The molecule has 0 bridgehead atoms. The Labute approximate surface area is 255 Å². The molecule has 2 aromatic heterocycles. The highest BCUT2D eigenvalue weighted by Crippen LogP contribution is 2.27. The summed E-state index contributed by atoms with van der Waals surface area (Å²) >= 11 is 4.39. The number of hydrogen-bond acceptors (Lipinski definition) is 7. The Morgan fingerprint density at radius 3 is 2.43 bits per heavy atom. The number of carbonyl (C=O) groups is 2. The SMILES string of the molecule is CCCCCCCCCCC(C(=O)NCCC(=O)OCC(C)(C)c1nnc2c(Cl)c(C)[nH]n12)S(=O)Oc1ccccc1. The number of amides is 1. The first-order chi connectivity index (χ1) is 20.1. The number of aromatic nitrogens is 4. The largest absolute Gasteiger partial charge is 0.465 e. The van der Waals surface area contributed by atoms with Crippen molar-refractivity contribution in [3.8, 4) is 5.75 Å². The molecule has 1 amide bonds. The molecule has 0 fully saturated rings. The minimum absolute atomic E-state index is 0.0266. The molecule has 0 aliphatic carbocycles. The van der Waals surface area contributed by atoms with Gasteiger partial charge in [0.05, 0.1) is 17.5 Å². The fourth-order valence-corrected chi connectivity index (χ4v) is 5.76. The van der Waals surface area contributed by atoms with Crippen molar-refractivity contribution in [2.24, 2.45) is 0 Å². The highest BCUT2D eigenvalue weighted by molar-refractivity contribution is 7.82. The number of halogens is 1. The number of para-hydroxylation sites is 1. The first-order valence-electron chi connectivity index (χ1n) is 14.8. The Morgan fingerprint density at radius 2 is 1.74 bits per heavy atom. The normalized spacial score (nSPS) is 13.2. The number of carbonyl (C=O) groups excluding carboxylic acids is 2. The van der Waals surface area contributed by atoms with Gasteiger partial charge in [0.15, 0.2) is 16.7 Å². The predicted molar refractivity (Wildman–Crippen MR) is 165 cm³/mol. The molecule has 0 saturated heterocycles. The van der Waals surface area contributed by atoms with Gasteiger partial charge in [-0.3, -0.25) is 14.7 Å². The van der Waals surface area contributed by atoms with Gasteiger partial charge in [-0.15, -0.1) is 10.2 Å². The number of fused-ring (bicyclic) bond motifs is 1. The quantitative estimate of drug-likeness (QED) is 0.124. The second-order valence-electron chi connectivity index (χ2n) is 11.2. The Morgan fingerprint density at radius 1 is 1.07 bits per heavy atom.